The zero-order chi connectivity index (χ0) is 16.8. The molecule has 0 unspecified atom stereocenters. The summed E-state index contributed by atoms with van der Waals surface area (Å²) < 4.78 is 5.44. The van der Waals surface area contributed by atoms with E-state index >= 15 is 0 Å². The topological polar surface area (TPSA) is 70.2 Å². The van der Waals surface area contributed by atoms with Crippen molar-refractivity contribution in [1.82, 2.24) is 20.2 Å². The maximum Gasteiger partial charge on any atom is 0.267 e. The first-order valence-corrected chi connectivity index (χ1v) is 8.46. The number of amides is 1. The SMILES string of the molecule is CCc1ccc(C(=O)NC[C@H](c2ccccn2)N2CCOCC2)[nH]1. The van der Waals surface area contributed by atoms with Crippen molar-refractivity contribution in [1.29, 1.82) is 0 Å². The first-order valence-electron chi connectivity index (χ1n) is 8.46. The Balaban J connectivity index is 1.68. The average Bonchev–Trinajstić information content (AvgIpc) is 3.13. The third kappa shape index (κ3) is 4.01. The van der Waals surface area contributed by atoms with Gasteiger partial charge in [0.15, 0.2) is 0 Å². The number of rotatable bonds is 6. The largest absolute Gasteiger partial charge is 0.379 e. The molecule has 0 radical (unpaired) electrons. The van der Waals surface area contributed by atoms with E-state index in [1.807, 2.05) is 30.3 Å². The molecule has 24 heavy (non-hydrogen) atoms. The van der Waals surface area contributed by atoms with E-state index in [2.05, 4.69) is 27.1 Å². The Morgan fingerprint density at radius 1 is 1.33 bits per heavy atom. The van der Waals surface area contributed by atoms with Crippen LogP contribution in [0.1, 0.15) is 34.8 Å². The Labute approximate surface area is 142 Å². The highest BCUT2D eigenvalue weighted by atomic mass is 16.5. The smallest absolute Gasteiger partial charge is 0.267 e. The third-order valence-electron chi connectivity index (χ3n) is 4.34. The highest BCUT2D eigenvalue weighted by Crippen LogP contribution is 2.19. The summed E-state index contributed by atoms with van der Waals surface area (Å²) in [7, 11) is 0. The number of hydrogen-bond donors (Lipinski definition) is 2. The number of aryl methyl sites for hydroxylation is 1. The number of H-pyrrole nitrogens is 1. The van der Waals surface area contributed by atoms with Crippen molar-refractivity contribution < 1.29 is 9.53 Å². The van der Waals surface area contributed by atoms with Gasteiger partial charge < -0.3 is 15.0 Å². The normalized spacial score (nSPS) is 16.7. The molecular weight excluding hydrogens is 304 g/mol. The fraction of sp³-hybridized carbons (Fsp3) is 0.444. The molecule has 1 amide bonds. The van der Waals surface area contributed by atoms with E-state index < -0.39 is 0 Å². The van der Waals surface area contributed by atoms with Gasteiger partial charge >= 0.3 is 0 Å². The minimum absolute atomic E-state index is 0.0552. The van der Waals surface area contributed by atoms with Crippen LogP contribution in [0.4, 0.5) is 0 Å². The van der Waals surface area contributed by atoms with Crippen LogP contribution in [0.5, 0.6) is 0 Å². The van der Waals surface area contributed by atoms with Gasteiger partial charge in [-0.15, -0.1) is 0 Å². The van der Waals surface area contributed by atoms with Crippen molar-refractivity contribution in [3.05, 3.63) is 53.6 Å². The van der Waals surface area contributed by atoms with Gasteiger partial charge in [0.05, 0.1) is 24.9 Å². The highest BCUT2D eigenvalue weighted by Gasteiger charge is 2.24. The molecule has 3 heterocycles. The second-order valence-corrected chi connectivity index (χ2v) is 5.88. The van der Waals surface area contributed by atoms with E-state index in [0.29, 0.717) is 25.5 Å². The number of pyridine rings is 1. The zero-order valence-corrected chi connectivity index (χ0v) is 14.0. The molecule has 6 heteroatoms. The van der Waals surface area contributed by atoms with Gasteiger partial charge in [0.2, 0.25) is 0 Å². The van der Waals surface area contributed by atoms with Crippen LogP contribution in [-0.4, -0.2) is 53.6 Å². The molecule has 0 aromatic carbocycles. The number of carbonyl (C=O) groups is 1. The van der Waals surface area contributed by atoms with Crippen molar-refractivity contribution in [2.24, 2.45) is 0 Å². The second kappa shape index (κ2) is 8.08. The van der Waals surface area contributed by atoms with E-state index in [1.54, 1.807) is 6.20 Å². The standard InChI is InChI=1S/C18H24N4O2/c1-2-14-6-7-16(21-14)18(23)20-13-17(15-5-3-4-8-19-15)22-9-11-24-12-10-22/h3-8,17,21H,2,9-13H2,1H3,(H,20,23)/t17-/m1/s1. The van der Waals surface area contributed by atoms with Crippen molar-refractivity contribution >= 4 is 5.91 Å². The zero-order valence-electron chi connectivity index (χ0n) is 14.0. The van der Waals surface area contributed by atoms with Crippen molar-refractivity contribution in [3.63, 3.8) is 0 Å². The van der Waals surface area contributed by atoms with Gasteiger partial charge in [0.25, 0.3) is 5.91 Å². The van der Waals surface area contributed by atoms with Crippen LogP contribution >= 0.6 is 0 Å². The molecule has 3 rings (SSSR count). The van der Waals surface area contributed by atoms with Crippen LogP contribution in [-0.2, 0) is 11.2 Å². The summed E-state index contributed by atoms with van der Waals surface area (Å²) in [5.41, 5.74) is 2.64. The molecule has 2 N–H and O–H groups in total. The number of carbonyl (C=O) groups excluding carboxylic acids is 1. The molecule has 2 aromatic heterocycles. The van der Waals surface area contributed by atoms with Gasteiger partial charge in [-0.1, -0.05) is 13.0 Å². The molecule has 1 atom stereocenters. The van der Waals surface area contributed by atoms with Crippen molar-refractivity contribution in [2.45, 2.75) is 19.4 Å². The van der Waals surface area contributed by atoms with Gasteiger partial charge in [-0.25, -0.2) is 0 Å². The minimum Gasteiger partial charge on any atom is -0.379 e. The fourth-order valence-electron chi connectivity index (χ4n) is 2.95. The van der Waals surface area contributed by atoms with E-state index in [4.69, 9.17) is 4.74 Å². The molecule has 6 nitrogen and oxygen atoms in total. The molecule has 128 valence electrons. The summed E-state index contributed by atoms with van der Waals surface area (Å²) in [5.74, 6) is -0.0797. The summed E-state index contributed by atoms with van der Waals surface area (Å²) in [4.78, 5) is 22.3. The van der Waals surface area contributed by atoms with Crippen molar-refractivity contribution in [2.75, 3.05) is 32.8 Å². The van der Waals surface area contributed by atoms with Gasteiger partial charge in [-0.05, 0) is 30.7 Å². The van der Waals surface area contributed by atoms with Gasteiger partial charge in [0.1, 0.15) is 5.69 Å². The lowest BCUT2D eigenvalue weighted by Gasteiger charge is -2.34. The lowest BCUT2D eigenvalue weighted by atomic mass is 10.1. The van der Waals surface area contributed by atoms with E-state index in [-0.39, 0.29) is 11.9 Å². The quantitative estimate of drug-likeness (QED) is 0.848. The number of ether oxygens (including phenoxy) is 1. The molecule has 1 fully saturated rings. The predicted octanol–water partition coefficient (Wildman–Crippen LogP) is 1.78. The minimum atomic E-state index is -0.0797. The average molecular weight is 328 g/mol. The Kier molecular flexibility index (Phi) is 5.61. The Bertz CT molecular complexity index is 650. The summed E-state index contributed by atoms with van der Waals surface area (Å²) >= 11 is 0. The number of morpholine rings is 1. The summed E-state index contributed by atoms with van der Waals surface area (Å²) in [6, 6.07) is 9.74. The number of aromatic nitrogens is 2. The van der Waals surface area contributed by atoms with Crippen molar-refractivity contribution in [3.8, 4) is 0 Å². The van der Waals surface area contributed by atoms with Gasteiger partial charge in [0, 0.05) is 31.5 Å². The Morgan fingerprint density at radius 3 is 2.83 bits per heavy atom. The molecule has 2 aromatic rings. The van der Waals surface area contributed by atoms with Crippen LogP contribution in [0.15, 0.2) is 36.5 Å². The summed E-state index contributed by atoms with van der Waals surface area (Å²) in [5, 5.41) is 3.04. The Morgan fingerprint density at radius 2 is 2.17 bits per heavy atom. The molecule has 1 saturated heterocycles. The second-order valence-electron chi connectivity index (χ2n) is 5.88. The molecular formula is C18H24N4O2. The first-order chi connectivity index (χ1) is 11.8. The van der Waals surface area contributed by atoms with Crippen LogP contribution in [0.2, 0.25) is 0 Å². The molecule has 1 aliphatic heterocycles. The molecule has 0 aliphatic carbocycles. The monoisotopic (exact) mass is 328 g/mol. The highest BCUT2D eigenvalue weighted by molar-refractivity contribution is 5.92. The lowest BCUT2D eigenvalue weighted by Crippen LogP contribution is -2.44. The lowest BCUT2D eigenvalue weighted by molar-refractivity contribution is 0.0153. The Hall–Kier alpha value is -2.18. The first kappa shape index (κ1) is 16.7. The fourth-order valence-corrected chi connectivity index (χ4v) is 2.95. The van der Waals surface area contributed by atoms with E-state index in [1.165, 1.54) is 0 Å². The van der Waals surface area contributed by atoms with Gasteiger partial charge in [-0.3, -0.25) is 14.7 Å². The predicted molar refractivity (Wildman–Crippen MR) is 91.9 cm³/mol. The van der Waals surface area contributed by atoms with Crippen LogP contribution < -0.4 is 5.32 Å². The summed E-state index contributed by atoms with van der Waals surface area (Å²) in [6.07, 6.45) is 2.68. The third-order valence-corrected chi connectivity index (χ3v) is 4.34. The van der Waals surface area contributed by atoms with Crippen LogP contribution in [0, 0.1) is 0 Å². The van der Waals surface area contributed by atoms with E-state index in [9.17, 15) is 4.79 Å². The number of aromatic amines is 1. The molecule has 0 saturated carbocycles. The number of hydrogen-bond acceptors (Lipinski definition) is 4. The molecule has 1 aliphatic rings. The van der Waals surface area contributed by atoms with Gasteiger partial charge in [-0.2, -0.15) is 0 Å². The number of nitrogens with one attached hydrogen (secondary N) is 2. The van der Waals surface area contributed by atoms with Crippen LogP contribution in [0.25, 0.3) is 0 Å². The summed E-state index contributed by atoms with van der Waals surface area (Å²) in [6.45, 7) is 5.71. The van der Waals surface area contributed by atoms with Crippen LogP contribution in [0.3, 0.4) is 0 Å². The maximum absolute atomic E-state index is 12.4. The van der Waals surface area contributed by atoms with E-state index in [0.717, 1.165) is 30.9 Å². The molecule has 0 bridgehead atoms. The molecule has 0 spiro atoms. The number of nitrogens with zero attached hydrogens (tertiary/aromatic N) is 2. The maximum atomic E-state index is 12.4.